The SMILES string of the molecule is CCOC(=O)c1nc(CSc2ccc(C)cc2)no1. The monoisotopic (exact) mass is 278 g/mol. The number of benzene rings is 1. The Kier molecular flexibility index (Phi) is 4.57. The van der Waals surface area contributed by atoms with Crippen molar-refractivity contribution in [1.29, 1.82) is 0 Å². The summed E-state index contributed by atoms with van der Waals surface area (Å²) in [5.41, 5.74) is 1.22. The molecule has 0 saturated carbocycles. The maximum atomic E-state index is 11.3. The summed E-state index contributed by atoms with van der Waals surface area (Å²) in [5, 5.41) is 3.74. The van der Waals surface area contributed by atoms with E-state index in [0.717, 1.165) is 4.90 Å². The predicted molar refractivity (Wildman–Crippen MR) is 71.0 cm³/mol. The second kappa shape index (κ2) is 6.38. The van der Waals surface area contributed by atoms with Crippen LogP contribution >= 0.6 is 11.8 Å². The number of hydrogen-bond donors (Lipinski definition) is 0. The lowest BCUT2D eigenvalue weighted by molar-refractivity contribution is 0.0470. The van der Waals surface area contributed by atoms with Crippen LogP contribution in [0.25, 0.3) is 0 Å². The van der Waals surface area contributed by atoms with Gasteiger partial charge in [0.25, 0.3) is 0 Å². The molecule has 2 rings (SSSR count). The number of thioether (sulfide) groups is 1. The Morgan fingerprint density at radius 1 is 1.37 bits per heavy atom. The molecule has 2 aromatic rings. The van der Waals surface area contributed by atoms with Gasteiger partial charge in [-0.3, -0.25) is 0 Å². The zero-order valence-electron chi connectivity index (χ0n) is 10.8. The smallest absolute Gasteiger partial charge is 0.397 e. The Labute approximate surface area is 115 Å². The summed E-state index contributed by atoms with van der Waals surface area (Å²) in [4.78, 5) is 16.5. The summed E-state index contributed by atoms with van der Waals surface area (Å²) in [6.07, 6.45) is 0. The van der Waals surface area contributed by atoms with Gasteiger partial charge in [-0.1, -0.05) is 22.9 Å². The third-order valence-corrected chi connectivity index (χ3v) is 3.32. The van der Waals surface area contributed by atoms with E-state index in [2.05, 4.69) is 10.1 Å². The van der Waals surface area contributed by atoms with Gasteiger partial charge in [-0.15, -0.1) is 11.8 Å². The molecular weight excluding hydrogens is 264 g/mol. The van der Waals surface area contributed by atoms with Gasteiger partial charge in [-0.2, -0.15) is 4.98 Å². The fourth-order valence-corrected chi connectivity index (χ4v) is 2.11. The van der Waals surface area contributed by atoms with Crippen molar-refractivity contribution < 1.29 is 14.1 Å². The lowest BCUT2D eigenvalue weighted by atomic mass is 10.2. The number of carbonyl (C=O) groups is 1. The van der Waals surface area contributed by atoms with E-state index in [1.807, 2.05) is 31.2 Å². The molecule has 0 spiro atoms. The molecule has 0 atom stereocenters. The van der Waals surface area contributed by atoms with Gasteiger partial charge >= 0.3 is 11.9 Å². The van der Waals surface area contributed by atoms with Crippen molar-refractivity contribution in [2.24, 2.45) is 0 Å². The second-order valence-corrected chi connectivity index (χ2v) is 4.89. The van der Waals surface area contributed by atoms with E-state index in [1.165, 1.54) is 5.56 Å². The van der Waals surface area contributed by atoms with Gasteiger partial charge in [0, 0.05) is 4.90 Å². The Balaban J connectivity index is 1.93. The fourth-order valence-electron chi connectivity index (χ4n) is 1.37. The molecule has 0 radical (unpaired) electrons. The third kappa shape index (κ3) is 3.82. The van der Waals surface area contributed by atoms with Crippen LogP contribution in [0.3, 0.4) is 0 Å². The van der Waals surface area contributed by atoms with Crippen LogP contribution in [0.15, 0.2) is 33.7 Å². The highest BCUT2D eigenvalue weighted by Gasteiger charge is 2.15. The number of carbonyl (C=O) groups excluding carboxylic acids is 1. The minimum absolute atomic E-state index is 0.0960. The molecule has 0 saturated heterocycles. The number of aromatic nitrogens is 2. The lowest BCUT2D eigenvalue weighted by Gasteiger charge is -1.98. The first kappa shape index (κ1) is 13.6. The van der Waals surface area contributed by atoms with Crippen LogP contribution < -0.4 is 0 Å². The molecule has 1 aromatic carbocycles. The van der Waals surface area contributed by atoms with Crippen molar-refractivity contribution in [2.45, 2.75) is 24.5 Å². The van der Waals surface area contributed by atoms with Crippen molar-refractivity contribution in [3.63, 3.8) is 0 Å². The van der Waals surface area contributed by atoms with Gasteiger partial charge in [0.15, 0.2) is 5.82 Å². The zero-order valence-corrected chi connectivity index (χ0v) is 11.6. The molecule has 0 bridgehead atoms. The molecule has 1 heterocycles. The quantitative estimate of drug-likeness (QED) is 0.619. The van der Waals surface area contributed by atoms with E-state index in [-0.39, 0.29) is 12.5 Å². The molecule has 0 aliphatic carbocycles. The van der Waals surface area contributed by atoms with Crippen LogP contribution in [0.2, 0.25) is 0 Å². The zero-order chi connectivity index (χ0) is 13.7. The standard InChI is InChI=1S/C13H14N2O3S/c1-3-17-13(16)12-14-11(15-18-12)8-19-10-6-4-9(2)5-7-10/h4-7H,3,8H2,1-2H3. The van der Waals surface area contributed by atoms with Crippen LogP contribution in [-0.4, -0.2) is 22.7 Å². The van der Waals surface area contributed by atoms with Crippen molar-refractivity contribution in [1.82, 2.24) is 10.1 Å². The minimum atomic E-state index is -0.582. The first-order valence-electron chi connectivity index (χ1n) is 5.88. The predicted octanol–water partition coefficient (Wildman–Crippen LogP) is 2.85. The average molecular weight is 278 g/mol. The minimum Gasteiger partial charge on any atom is -0.459 e. The average Bonchev–Trinajstić information content (AvgIpc) is 2.87. The topological polar surface area (TPSA) is 65.2 Å². The number of ether oxygens (including phenoxy) is 1. The molecule has 0 unspecified atom stereocenters. The first-order valence-corrected chi connectivity index (χ1v) is 6.86. The Bertz CT molecular complexity index is 551. The van der Waals surface area contributed by atoms with Crippen LogP contribution in [0.4, 0.5) is 0 Å². The van der Waals surface area contributed by atoms with Gasteiger partial charge in [-0.05, 0) is 26.0 Å². The van der Waals surface area contributed by atoms with Crippen LogP contribution in [-0.2, 0) is 10.5 Å². The normalized spacial score (nSPS) is 10.4. The Hall–Kier alpha value is -1.82. The molecule has 0 aliphatic heterocycles. The molecule has 0 amide bonds. The molecule has 6 heteroatoms. The highest BCUT2D eigenvalue weighted by Crippen LogP contribution is 2.21. The molecule has 1 aromatic heterocycles. The number of aryl methyl sites for hydroxylation is 1. The molecule has 0 N–H and O–H groups in total. The van der Waals surface area contributed by atoms with Gasteiger partial charge in [0.2, 0.25) is 0 Å². The first-order chi connectivity index (χ1) is 9.19. The van der Waals surface area contributed by atoms with Crippen molar-refractivity contribution in [3.8, 4) is 0 Å². The van der Waals surface area contributed by atoms with Gasteiger partial charge in [0.1, 0.15) is 0 Å². The summed E-state index contributed by atoms with van der Waals surface area (Å²) < 4.78 is 9.61. The summed E-state index contributed by atoms with van der Waals surface area (Å²) in [6.45, 7) is 4.05. The summed E-state index contributed by atoms with van der Waals surface area (Å²) >= 11 is 1.58. The lowest BCUT2D eigenvalue weighted by Crippen LogP contribution is -2.04. The highest BCUT2D eigenvalue weighted by atomic mass is 32.2. The summed E-state index contributed by atoms with van der Waals surface area (Å²) in [7, 11) is 0. The van der Waals surface area contributed by atoms with E-state index in [4.69, 9.17) is 9.26 Å². The molecular formula is C13H14N2O3S. The Morgan fingerprint density at radius 3 is 2.79 bits per heavy atom. The number of rotatable bonds is 5. The van der Waals surface area contributed by atoms with E-state index in [9.17, 15) is 4.79 Å². The largest absolute Gasteiger partial charge is 0.459 e. The van der Waals surface area contributed by atoms with Crippen molar-refractivity contribution >= 4 is 17.7 Å². The number of esters is 1. The molecule has 0 aliphatic rings. The van der Waals surface area contributed by atoms with Crippen molar-refractivity contribution in [2.75, 3.05) is 6.61 Å². The van der Waals surface area contributed by atoms with Crippen LogP contribution in [0, 0.1) is 6.92 Å². The molecule has 100 valence electrons. The second-order valence-electron chi connectivity index (χ2n) is 3.84. The maximum Gasteiger partial charge on any atom is 0.397 e. The number of nitrogens with zero attached hydrogens (tertiary/aromatic N) is 2. The summed E-state index contributed by atoms with van der Waals surface area (Å²) in [5.74, 6) is 0.350. The molecule has 0 fully saturated rings. The van der Waals surface area contributed by atoms with Crippen LogP contribution in [0.1, 0.15) is 29.0 Å². The molecule has 5 nitrogen and oxygen atoms in total. The summed E-state index contributed by atoms with van der Waals surface area (Å²) in [6, 6.07) is 8.16. The van der Waals surface area contributed by atoms with E-state index in [1.54, 1.807) is 18.7 Å². The van der Waals surface area contributed by atoms with Gasteiger partial charge in [-0.25, -0.2) is 4.79 Å². The number of hydrogen-bond acceptors (Lipinski definition) is 6. The fraction of sp³-hybridized carbons (Fsp3) is 0.308. The van der Waals surface area contributed by atoms with E-state index in [0.29, 0.717) is 11.6 Å². The maximum absolute atomic E-state index is 11.3. The van der Waals surface area contributed by atoms with E-state index >= 15 is 0 Å². The van der Waals surface area contributed by atoms with Gasteiger partial charge < -0.3 is 9.26 Å². The Morgan fingerprint density at radius 2 is 2.11 bits per heavy atom. The van der Waals surface area contributed by atoms with Gasteiger partial charge in [0.05, 0.1) is 12.4 Å². The highest BCUT2D eigenvalue weighted by molar-refractivity contribution is 7.98. The third-order valence-electron chi connectivity index (χ3n) is 2.31. The van der Waals surface area contributed by atoms with E-state index < -0.39 is 5.97 Å². The van der Waals surface area contributed by atoms with Crippen molar-refractivity contribution in [3.05, 3.63) is 41.5 Å². The van der Waals surface area contributed by atoms with Crippen LogP contribution in [0.5, 0.6) is 0 Å². The molecule has 19 heavy (non-hydrogen) atoms.